The molecule has 2 heterocycles. The van der Waals surface area contributed by atoms with E-state index in [1.54, 1.807) is 11.3 Å². The Morgan fingerprint density at radius 2 is 2.10 bits per heavy atom. The molecule has 2 atom stereocenters. The topological polar surface area (TPSA) is 49.4 Å². The molecule has 20 heavy (non-hydrogen) atoms. The van der Waals surface area contributed by atoms with Crippen molar-refractivity contribution in [1.82, 2.24) is 10.2 Å². The van der Waals surface area contributed by atoms with Crippen molar-refractivity contribution >= 4 is 23.2 Å². The summed E-state index contributed by atoms with van der Waals surface area (Å²) in [7, 11) is 0. The van der Waals surface area contributed by atoms with E-state index in [1.807, 2.05) is 12.3 Å². The highest BCUT2D eigenvalue weighted by Crippen LogP contribution is 2.29. The number of nitrogens with zero attached hydrogens (tertiary/aromatic N) is 1. The normalized spacial score (nSPS) is 25.6. The van der Waals surface area contributed by atoms with E-state index >= 15 is 0 Å². The lowest BCUT2D eigenvalue weighted by atomic mass is 10.1. The van der Waals surface area contributed by atoms with Crippen molar-refractivity contribution in [2.45, 2.75) is 57.2 Å². The molecule has 1 aliphatic carbocycles. The van der Waals surface area contributed by atoms with Crippen molar-refractivity contribution in [1.29, 1.82) is 0 Å². The van der Waals surface area contributed by atoms with Gasteiger partial charge >= 0.3 is 0 Å². The Hall–Kier alpha value is -1.20. The molecule has 108 valence electrons. The van der Waals surface area contributed by atoms with Crippen LogP contribution in [0.1, 0.15) is 50.6 Å². The second-order valence-corrected chi connectivity index (χ2v) is 6.52. The number of rotatable bonds is 4. The number of carbonyl (C=O) groups excluding carboxylic acids is 2. The summed E-state index contributed by atoms with van der Waals surface area (Å²) in [5.41, 5.74) is 1.18. The number of hydrogen-bond donors (Lipinski definition) is 1. The summed E-state index contributed by atoms with van der Waals surface area (Å²) >= 11 is 1.65. The third kappa shape index (κ3) is 2.52. The van der Waals surface area contributed by atoms with Gasteiger partial charge in [0.1, 0.15) is 0 Å². The Morgan fingerprint density at radius 3 is 2.75 bits per heavy atom. The molecule has 1 aromatic heterocycles. The number of nitrogens with one attached hydrogen (secondary N) is 1. The van der Waals surface area contributed by atoms with Crippen LogP contribution in [0.25, 0.3) is 0 Å². The van der Waals surface area contributed by atoms with Crippen LogP contribution in [0.4, 0.5) is 0 Å². The van der Waals surface area contributed by atoms with Crippen molar-refractivity contribution in [2.75, 3.05) is 0 Å². The van der Waals surface area contributed by atoms with Crippen molar-refractivity contribution in [3.63, 3.8) is 0 Å². The van der Waals surface area contributed by atoms with Crippen molar-refractivity contribution < 1.29 is 9.59 Å². The molecule has 1 saturated carbocycles. The van der Waals surface area contributed by atoms with Gasteiger partial charge in [-0.25, -0.2) is 0 Å². The van der Waals surface area contributed by atoms with Crippen molar-refractivity contribution in [3.05, 3.63) is 22.4 Å². The van der Waals surface area contributed by atoms with Gasteiger partial charge in [-0.1, -0.05) is 12.8 Å². The Kier molecular flexibility index (Phi) is 3.89. The van der Waals surface area contributed by atoms with Gasteiger partial charge in [0.2, 0.25) is 11.8 Å². The van der Waals surface area contributed by atoms with Gasteiger partial charge in [-0.05, 0) is 42.2 Å². The zero-order chi connectivity index (χ0) is 14.1. The molecule has 2 unspecified atom stereocenters. The number of imide groups is 1. The second kappa shape index (κ2) is 5.66. The molecule has 4 nitrogen and oxygen atoms in total. The summed E-state index contributed by atoms with van der Waals surface area (Å²) in [5, 5.41) is 7.41. The zero-order valence-corrected chi connectivity index (χ0v) is 12.5. The van der Waals surface area contributed by atoms with Gasteiger partial charge in [0.15, 0.2) is 0 Å². The molecular weight excluding hydrogens is 272 g/mol. The van der Waals surface area contributed by atoms with Crippen LogP contribution in [0, 0.1) is 0 Å². The van der Waals surface area contributed by atoms with Crippen LogP contribution in [0.5, 0.6) is 0 Å². The molecule has 2 aliphatic rings. The summed E-state index contributed by atoms with van der Waals surface area (Å²) in [6, 6.07) is 1.96. The number of hydrogen-bond acceptors (Lipinski definition) is 4. The SMILES string of the molecule is CC(NC1CC(=O)N(C2CCCC2)C1=O)c1ccsc1. The third-order valence-corrected chi connectivity index (χ3v) is 5.07. The first kappa shape index (κ1) is 13.8. The summed E-state index contributed by atoms with van der Waals surface area (Å²) < 4.78 is 0. The highest BCUT2D eigenvalue weighted by molar-refractivity contribution is 7.07. The van der Waals surface area contributed by atoms with E-state index in [0.29, 0.717) is 6.42 Å². The van der Waals surface area contributed by atoms with Gasteiger partial charge in [0.25, 0.3) is 0 Å². The lowest BCUT2D eigenvalue weighted by Crippen LogP contribution is -2.43. The second-order valence-electron chi connectivity index (χ2n) is 5.74. The minimum Gasteiger partial charge on any atom is -0.299 e. The molecule has 3 rings (SSSR count). The average Bonchev–Trinajstić information content (AvgIpc) is 3.13. The zero-order valence-electron chi connectivity index (χ0n) is 11.7. The van der Waals surface area contributed by atoms with Crippen LogP contribution in [0.3, 0.4) is 0 Å². The Balaban J connectivity index is 1.66. The molecule has 1 aromatic rings. The first-order chi connectivity index (χ1) is 9.66. The fourth-order valence-corrected chi connectivity index (χ4v) is 4.00. The van der Waals surface area contributed by atoms with Crippen LogP contribution >= 0.6 is 11.3 Å². The van der Waals surface area contributed by atoms with Crippen LogP contribution in [-0.2, 0) is 9.59 Å². The predicted molar refractivity (Wildman–Crippen MR) is 78.4 cm³/mol. The van der Waals surface area contributed by atoms with E-state index in [1.165, 1.54) is 10.5 Å². The van der Waals surface area contributed by atoms with Gasteiger partial charge < -0.3 is 0 Å². The van der Waals surface area contributed by atoms with Crippen molar-refractivity contribution in [3.8, 4) is 0 Å². The first-order valence-electron chi connectivity index (χ1n) is 7.31. The van der Waals surface area contributed by atoms with Gasteiger partial charge in [-0.3, -0.25) is 19.8 Å². The number of carbonyl (C=O) groups is 2. The standard InChI is InChI=1S/C15H20N2O2S/c1-10(11-6-7-20-9-11)16-13-8-14(18)17(15(13)19)12-4-2-3-5-12/h6-7,9-10,12-13,16H,2-5,8H2,1H3. The first-order valence-corrected chi connectivity index (χ1v) is 8.25. The maximum atomic E-state index is 12.5. The lowest BCUT2D eigenvalue weighted by molar-refractivity contribution is -0.141. The smallest absolute Gasteiger partial charge is 0.247 e. The van der Waals surface area contributed by atoms with E-state index in [9.17, 15) is 9.59 Å². The van der Waals surface area contributed by atoms with E-state index < -0.39 is 0 Å². The Labute approximate surface area is 123 Å². The van der Waals surface area contributed by atoms with Gasteiger partial charge in [0, 0.05) is 12.1 Å². The molecule has 2 fully saturated rings. The molecule has 0 bridgehead atoms. The predicted octanol–water partition coefficient (Wildman–Crippen LogP) is 2.47. The van der Waals surface area contributed by atoms with E-state index in [0.717, 1.165) is 25.7 Å². The highest BCUT2D eigenvalue weighted by Gasteiger charge is 2.43. The van der Waals surface area contributed by atoms with Crippen LogP contribution in [0.15, 0.2) is 16.8 Å². The summed E-state index contributed by atoms with van der Waals surface area (Å²) in [6.07, 6.45) is 4.52. The maximum Gasteiger partial charge on any atom is 0.247 e. The average molecular weight is 292 g/mol. The maximum absolute atomic E-state index is 12.5. The fourth-order valence-electron chi connectivity index (χ4n) is 3.25. The van der Waals surface area contributed by atoms with Crippen LogP contribution in [0.2, 0.25) is 0 Å². The molecule has 0 radical (unpaired) electrons. The number of amides is 2. The Morgan fingerprint density at radius 1 is 1.35 bits per heavy atom. The van der Waals surface area contributed by atoms with Gasteiger partial charge in [0.05, 0.1) is 12.5 Å². The molecule has 0 spiro atoms. The molecule has 1 aliphatic heterocycles. The molecule has 5 heteroatoms. The van der Waals surface area contributed by atoms with Gasteiger partial charge in [-0.2, -0.15) is 11.3 Å². The van der Waals surface area contributed by atoms with Crippen molar-refractivity contribution in [2.24, 2.45) is 0 Å². The van der Waals surface area contributed by atoms with E-state index in [4.69, 9.17) is 0 Å². The number of likely N-dealkylation sites (tertiary alicyclic amines) is 1. The quantitative estimate of drug-likeness (QED) is 0.867. The molecule has 2 amide bonds. The minimum atomic E-state index is -0.349. The van der Waals surface area contributed by atoms with E-state index in [2.05, 4.69) is 16.8 Å². The van der Waals surface area contributed by atoms with Crippen LogP contribution < -0.4 is 5.32 Å². The minimum absolute atomic E-state index is 0.00285. The third-order valence-electron chi connectivity index (χ3n) is 4.37. The van der Waals surface area contributed by atoms with E-state index in [-0.39, 0.29) is 29.9 Å². The molecule has 0 aromatic carbocycles. The largest absolute Gasteiger partial charge is 0.299 e. The summed E-state index contributed by atoms with van der Waals surface area (Å²) in [6.45, 7) is 2.04. The highest BCUT2D eigenvalue weighted by atomic mass is 32.1. The number of thiophene rings is 1. The monoisotopic (exact) mass is 292 g/mol. The summed E-state index contributed by atoms with van der Waals surface area (Å²) in [4.78, 5) is 26.1. The molecule has 1 N–H and O–H groups in total. The summed E-state index contributed by atoms with van der Waals surface area (Å²) in [5.74, 6) is -0.0269. The fraction of sp³-hybridized carbons (Fsp3) is 0.600. The molecular formula is C15H20N2O2S. The van der Waals surface area contributed by atoms with Crippen LogP contribution in [-0.4, -0.2) is 28.8 Å². The Bertz CT molecular complexity index is 494. The lowest BCUT2D eigenvalue weighted by Gasteiger charge is -2.23. The van der Waals surface area contributed by atoms with Gasteiger partial charge in [-0.15, -0.1) is 0 Å². The molecule has 1 saturated heterocycles.